The highest BCUT2D eigenvalue weighted by Gasteiger charge is 2.13. The maximum atomic E-state index is 12.3. The molecule has 0 aliphatic carbocycles. The molecule has 0 atom stereocenters. The number of carbonyl (C=O) groups is 2. The zero-order chi connectivity index (χ0) is 17.0. The number of halogens is 2. The number of amides is 2. The lowest BCUT2D eigenvalue weighted by Gasteiger charge is -2.12. The molecule has 2 amide bonds. The Labute approximate surface area is 147 Å². The van der Waals surface area contributed by atoms with E-state index in [0.29, 0.717) is 32.2 Å². The Bertz CT molecular complexity index is 765. The monoisotopic (exact) mass is 396 g/mol. The second kappa shape index (κ2) is 7.48. The van der Waals surface area contributed by atoms with E-state index in [9.17, 15) is 9.59 Å². The quantitative estimate of drug-likeness (QED) is 0.807. The zero-order valence-electron chi connectivity index (χ0n) is 12.4. The minimum Gasteiger partial charge on any atom is -0.494 e. The van der Waals surface area contributed by atoms with Crippen LogP contribution in [0.4, 0.5) is 11.4 Å². The average Bonchev–Trinajstić information content (AvgIpc) is 2.50. The highest BCUT2D eigenvalue weighted by Crippen LogP contribution is 2.29. The molecule has 0 saturated carbocycles. The summed E-state index contributed by atoms with van der Waals surface area (Å²) >= 11 is 9.24. The lowest BCUT2D eigenvalue weighted by atomic mass is 10.2. The van der Waals surface area contributed by atoms with Crippen molar-refractivity contribution < 1.29 is 14.3 Å². The van der Waals surface area contributed by atoms with E-state index in [0.717, 1.165) is 0 Å². The van der Waals surface area contributed by atoms with Crippen molar-refractivity contribution >= 4 is 50.7 Å². The van der Waals surface area contributed by atoms with Gasteiger partial charge in [-0.1, -0.05) is 11.6 Å². The number of anilines is 2. The van der Waals surface area contributed by atoms with E-state index in [1.165, 1.54) is 14.0 Å². The first-order valence-electron chi connectivity index (χ1n) is 6.62. The van der Waals surface area contributed by atoms with Crippen LogP contribution in [0.15, 0.2) is 40.9 Å². The summed E-state index contributed by atoms with van der Waals surface area (Å²) in [5.74, 6) is -0.0696. The molecule has 2 aromatic carbocycles. The van der Waals surface area contributed by atoms with Gasteiger partial charge in [0.1, 0.15) is 5.75 Å². The molecule has 0 bridgehead atoms. The lowest BCUT2D eigenvalue weighted by molar-refractivity contribution is -0.114. The summed E-state index contributed by atoms with van der Waals surface area (Å²) in [4.78, 5) is 23.5. The average molecular weight is 398 g/mol. The van der Waals surface area contributed by atoms with Gasteiger partial charge in [-0.2, -0.15) is 0 Å². The molecule has 0 saturated heterocycles. The summed E-state index contributed by atoms with van der Waals surface area (Å²) in [6.07, 6.45) is 0. The van der Waals surface area contributed by atoms with Crippen LogP contribution in [0.2, 0.25) is 5.02 Å². The summed E-state index contributed by atoms with van der Waals surface area (Å²) < 4.78 is 5.86. The second-order valence-electron chi connectivity index (χ2n) is 4.67. The van der Waals surface area contributed by atoms with Crippen LogP contribution < -0.4 is 15.4 Å². The number of benzene rings is 2. The Morgan fingerprint density at radius 3 is 2.52 bits per heavy atom. The topological polar surface area (TPSA) is 67.4 Å². The van der Waals surface area contributed by atoms with Crippen LogP contribution in [0.3, 0.4) is 0 Å². The molecule has 2 N–H and O–H groups in total. The Morgan fingerprint density at radius 1 is 1.13 bits per heavy atom. The number of rotatable bonds is 4. The summed E-state index contributed by atoms with van der Waals surface area (Å²) in [6.45, 7) is 1.41. The fraction of sp³-hybridized carbons (Fsp3) is 0.125. The van der Waals surface area contributed by atoms with Crippen molar-refractivity contribution in [3.8, 4) is 5.75 Å². The van der Waals surface area contributed by atoms with Crippen LogP contribution in [0.25, 0.3) is 0 Å². The van der Waals surface area contributed by atoms with E-state index in [4.69, 9.17) is 16.3 Å². The molecular weight excluding hydrogens is 384 g/mol. The Morgan fingerprint density at radius 2 is 1.87 bits per heavy atom. The summed E-state index contributed by atoms with van der Waals surface area (Å²) in [5.41, 5.74) is 1.48. The van der Waals surface area contributed by atoms with Gasteiger partial charge in [-0.25, -0.2) is 0 Å². The molecule has 0 fully saturated rings. The summed E-state index contributed by atoms with van der Waals surface area (Å²) in [5, 5.41) is 5.88. The maximum absolute atomic E-state index is 12.3. The Hall–Kier alpha value is -2.05. The molecule has 0 aliphatic heterocycles. The third-order valence-corrected chi connectivity index (χ3v) is 3.87. The fourth-order valence-corrected chi connectivity index (χ4v) is 2.53. The molecular formula is C16H14BrClN2O3. The Balaban J connectivity index is 2.24. The third kappa shape index (κ3) is 4.46. The molecule has 7 heteroatoms. The second-order valence-corrected chi connectivity index (χ2v) is 5.97. The number of ether oxygens (including phenoxy) is 1. The van der Waals surface area contributed by atoms with E-state index >= 15 is 0 Å². The van der Waals surface area contributed by atoms with Crippen LogP contribution in [0.1, 0.15) is 17.3 Å². The number of nitrogens with one attached hydrogen (secondary N) is 2. The van der Waals surface area contributed by atoms with E-state index in [-0.39, 0.29) is 11.8 Å². The molecule has 0 spiro atoms. The number of methoxy groups -OCH3 is 1. The van der Waals surface area contributed by atoms with Gasteiger partial charge in [-0.05, 0) is 46.3 Å². The first-order chi connectivity index (χ1) is 10.9. The SMILES string of the molecule is COc1cc(NC(=O)c2cc(Cl)ccc2Br)ccc1NC(C)=O. The van der Waals surface area contributed by atoms with E-state index in [1.54, 1.807) is 36.4 Å². The maximum Gasteiger partial charge on any atom is 0.256 e. The van der Waals surface area contributed by atoms with Crippen LogP contribution >= 0.6 is 27.5 Å². The van der Waals surface area contributed by atoms with Crippen molar-refractivity contribution in [3.63, 3.8) is 0 Å². The predicted octanol–water partition coefficient (Wildman–Crippen LogP) is 4.32. The van der Waals surface area contributed by atoms with Gasteiger partial charge in [-0.3, -0.25) is 9.59 Å². The normalized spacial score (nSPS) is 10.1. The van der Waals surface area contributed by atoms with E-state index in [2.05, 4.69) is 26.6 Å². The zero-order valence-corrected chi connectivity index (χ0v) is 14.8. The molecule has 0 unspecified atom stereocenters. The predicted molar refractivity (Wildman–Crippen MR) is 94.4 cm³/mol. The number of hydrogen-bond donors (Lipinski definition) is 2. The van der Waals surface area contributed by atoms with Crippen molar-refractivity contribution in [1.82, 2.24) is 0 Å². The van der Waals surface area contributed by atoms with Gasteiger partial charge in [0.2, 0.25) is 5.91 Å². The van der Waals surface area contributed by atoms with E-state index < -0.39 is 0 Å². The molecule has 0 radical (unpaired) electrons. The van der Waals surface area contributed by atoms with Gasteiger partial charge >= 0.3 is 0 Å². The summed E-state index contributed by atoms with van der Waals surface area (Å²) in [6, 6.07) is 9.92. The third-order valence-electron chi connectivity index (χ3n) is 2.94. The van der Waals surface area contributed by atoms with Crippen molar-refractivity contribution in [1.29, 1.82) is 0 Å². The number of carbonyl (C=O) groups excluding carboxylic acids is 2. The minimum absolute atomic E-state index is 0.206. The molecule has 2 rings (SSSR count). The molecule has 2 aromatic rings. The van der Waals surface area contributed by atoms with Crippen molar-refractivity contribution in [2.45, 2.75) is 6.92 Å². The molecule has 120 valence electrons. The van der Waals surface area contributed by atoms with Gasteiger partial charge in [0.25, 0.3) is 5.91 Å². The highest BCUT2D eigenvalue weighted by atomic mass is 79.9. The van der Waals surface area contributed by atoms with Crippen LogP contribution in [0, 0.1) is 0 Å². The summed E-state index contributed by atoms with van der Waals surface area (Å²) in [7, 11) is 1.49. The lowest BCUT2D eigenvalue weighted by Crippen LogP contribution is -2.13. The van der Waals surface area contributed by atoms with Gasteiger partial charge in [0.05, 0.1) is 18.4 Å². The van der Waals surface area contributed by atoms with Gasteiger partial charge in [0.15, 0.2) is 0 Å². The fourth-order valence-electron chi connectivity index (χ4n) is 1.93. The first-order valence-corrected chi connectivity index (χ1v) is 7.80. The molecule has 0 heterocycles. The Kier molecular flexibility index (Phi) is 5.63. The molecule has 0 aromatic heterocycles. The van der Waals surface area contributed by atoms with Crippen LogP contribution in [-0.4, -0.2) is 18.9 Å². The van der Waals surface area contributed by atoms with Crippen LogP contribution in [0.5, 0.6) is 5.75 Å². The first kappa shape index (κ1) is 17.3. The van der Waals surface area contributed by atoms with Crippen LogP contribution in [-0.2, 0) is 4.79 Å². The molecule has 23 heavy (non-hydrogen) atoms. The van der Waals surface area contributed by atoms with E-state index in [1.807, 2.05) is 0 Å². The largest absolute Gasteiger partial charge is 0.494 e. The standard InChI is InChI=1S/C16H14BrClN2O3/c1-9(21)19-14-6-4-11(8-15(14)23-2)20-16(22)12-7-10(18)3-5-13(12)17/h3-8H,1-2H3,(H,19,21)(H,20,22). The van der Waals surface area contributed by atoms with Gasteiger partial charge < -0.3 is 15.4 Å². The van der Waals surface area contributed by atoms with Crippen molar-refractivity contribution in [2.24, 2.45) is 0 Å². The van der Waals surface area contributed by atoms with Crippen molar-refractivity contribution in [3.05, 3.63) is 51.5 Å². The van der Waals surface area contributed by atoms with Crippen molar-refractivity contribution in [2.75, 3.05) is 17.7 Å². The highest BCUT2D eigenvalue weighted by molar-refractivity contribution is 9.10. The number of hydrogen-bond acceptors (Lipinski definition) is 3. The minimum atomic E-state index is -0.311. The molecule has 0 aliphatic rings. The smallest absolute Gasteiger partial charge is 0.256 e. The van der Waals surface area contributed by atoms with Gasteiger partial charge in [0, 0.05) is 28.2 Å². The van der Waals surface area contributed by atoms with Gasteiger partial charge in [-0.15, -0.1) is 0 Å². The molecule has 5 nitrogen and oxygen atoms in total.